The summed E-state index contributed by atoms with van der Waals surface area (Å²) in [6.07, 6.45) is 3.72. The third-order valence-electron chi connectivity index (χ3n) is 3.14. The van der Waals surface area contributed by atoms with Crippen LogP contribution in [0.15, 0.2) is 35.3 Å². The maximum absolute atomic E-state index is 3.79. The number of rotatable bonds is 2. The Balaban J connectivity index is 2.31. The molecule has 0 aliphatic rings. The van der Waals surface area contributed by atoms with E-state index in [1.807, 2.05) is 45.3 Å². The second-order valence-corrected chi connectivity index (χ2v) is 4.84. The second-order valence-electron chi connectivity index (χ2n) is 4.84. The first-order chi connectivity index (χ1) is 10.1. The number of nitrogens with zero attached hydrogens (tertiary/aromatic N) is 2. The number of hydrogen-bond acceptors (Lipinski definition) is 2. The van der Waals surface area contributed by atoms with Gasteiger partial charge in [0.15, 0.2) is 0 Å². The van der Waals surface area contributed by atoms with Crippen LogP contribution >= 0.6 is 0 Å². The zero-order chi connectivity index (χ0) is 15.2. The Morgan fingerprint density at radius 3 is 2.48 bits per heavy atom. The van der Waals surface area contributed by atoms with Crippen molar-refractivity contribution in [1.29, 1.82) is 0 Å². The Bertz CT molecular complexity index is 797. The highest BCUT2D eigenvalue weighted by atomic mass is 15.1. The zero-order valence-electron chi connectivity index (χ0n) is 12.6. The van der Waals surface area contributed by atoms with Crippen molar-refractivity contribution in [2.45, 2.75) is 6.92 Å². The molecule has 0 amide bonds. The van der Waals surface area contributed by atoms with Gasteiger partial charge in [-0.25, -0.2) is 0 Å². The molecule has 0 spiro atoms. The molecule has 0 bridgehead atoms. The average Bonchev–Trinajstić information content (AvgIpc) is 2.88. The van der Waals surface area contributed by atoms with Gasteiger partial charge in [0.2, 0.25) is 0 Å². The van der Waals surface area contributed by atoms with Gasteiger partial charge in [-0.05, 0) is 55.1 Å². The van der Waals surface area contributed by atoms with E-state index in [1.54, 1.807) is 6.20 Å². The van der Waals surface area contributed by atoms with Gasteiger partial charge in [-0.3, -0.25) is 4.99 Å². The molecule has 3 nitrogen and oxygen atoms in total. The fourth-order valence-electron chi connectivity index (χ4n) is 1.97. The molecule has 1 heterocycles. The summed E-state index contributed by atoms with van der Waals surface area (Å²) in [5.74, 6) is 6.30. The summed E-state index contributed by atoms with van der Waals surface area (Å²) < 4.78 is 0. The molecule has 0 saturated carbocycles. The summed E-state index contributed by atoms with van der Waals surface area (Å²) in [5, 5.41) is 2.01. The van der Waals surface area contributed by atoms with Crippen LogP contribution in [0.4, 0.5) is 5.69 Å². The van der Waals surface area contributed by atoms with E-state index < -0.39 is 0 Å². The lowest BCUT2D eigenvalue weighted by Crippen LogP contribution is -2.20. The number of hydrogen-bond donors (Lipinski definition) is 1. The van der Waals surface area contributed by atoms with Crippen molar-refractivity contribution in [3.8, 4) is 11.8 Å². The van der Waals surface area contributed by atoms with Gasteiger partial charge in [-0.1, -0.05) is 12.0 Å². The number of nitrogens with one attached hydrogen (secondary N) is 1. The van der Waals surface area contributed by atoms with E-state index in [0.29, 0.717) is 0 Å². The largest absolute Gasteiger partial charge is 0.378 e. The van der Waals surface area contributed by atoms with Crippen LogP contribution in [0.5, 0.6) is 0 Å². The SMILES string of the molecule is C=N/C=c1/[nH]c(C#Cc2ccc(N(C)C)cc2)c/c1=C/C. The molecule has 0 saturated heterocycles. The van der Waals surface area contributed by atoms with Crippen molar-refractivity contribution in [3.63, 3.8) is 0 Å². The Morgan fingerprint density at radius 1 is 1.19 bits per heavy atom. The number of H-pyrrole nitrogens is 1. The average molecular weight is 277 g/mol. The molecule has 0 unspecified atom stereocenters. The highest BCUT2D eigenvalue weighted by Gasteiger charge is 1.95. The Hall–Kier alpha value is -2.73. The van der Waals surface area contributed by atoms with Crippen molar-refractivity contribution in [2.24, 2.45) is 4.99 Å². The minimum Gasteiger partial charge on any atom is -0.378 e. The van der Waals surface area contributed by atoms with Crippen LogP contribution in [-0.4, -0.2) is 25.8 Å². The number of anilines is 1. The topological polar surface area (TPSA) is 31.4 Å². The number of benzene rings is 1. The van der Waals surface area contributed by atoms with Crippen molar-refractivity contribution >= 4 is 24.7 Å². The summed E-state index contributed by atoms with van der Waals surface area (Å²) in [5.41, 5.74) is 3.02. The molecule has 0 radical (unpaired) electrons. The molecule has 21 heavy (non-hydrogen) atoms. The molecule has 0 aliphatic heterocycles. The molecule has 2 rings (SSSR count). The molecule has 2 aromatic rings. The van der Waals surface area contributed by atoms with Gasteiger partial charge in [0.1, 0.15) is 0 Å². The standard InChI is InChI=1S/C18H19N3/c1-5-15-12-16(20-18(15)13-19-2)9-6-14-7-10-17(11-8-14)21(3)4/h5,7-8,10-13,20H,2H2,1,3-4H3/b15-5-,18-13+. The molecule has 1 aromatic heterocycles. The highest BCUT2D eigenvalue weighted by molar-refractivity contribution is 5.50. The maximum Gasteiger partial charge on any atom is 0.0908 e. The second kappa shape index (κ2) is 6.62. The van der Waals surface area contributed by atoms with Crippen LogP contribution in [0.1, 0.15) is 18.2 Å². The first-order valence-corrected chi connectivity index (χ1v) is 6.75. The Morgan fingerprint density at radius 2 is 1.90 bits per heavy atom. The fraction of sp³-hybridized carbons (Fsp3) is 0.167. The Kier molecular flexibility index (Phi) is 4.63. The molecular formula is C18H19N3. The highest BCUT2D eigenvalue weighted by Crippen LogP contribution is 2.11. The number of aromatic amines is 1. The van der Waals surface area contributed by atoms with E-state index in [2.05, 4.69) is 45.6 Å². The molecule has 3 heteroatoms. The summed E-state index contributed by atoms with van der Waals surface area (Å²) in [4.78, 5) is 9.09. The molecule has 106 valence electrons. The minimum absolute atomic E-state index is 0.870. The van der Waals surface area contributed by atoms with E-state index in [1.165, 1.54) is 0 Å². The number of aliphatic imine (C=N–C) groups is 1. The smallest absolute Gasteiger partial charge is 0.0908 e. The number of aromatic nitrogens is 1. The lowest BCUT2D eigenvalue weighted by Gasteiger charge is -2.11. The van der Waals surface area contributed by atoms with Gasteiger partial charge in [0, 0.05) is 25.3 Å². The van der Waals surface area contributed by atoms with E-state index in [9.17, 15) is 0 Å². The molecule has 1 N–H and O–H groups in total. The van der Waals surface area contributed by atoms with Crippen LogP contribution in [0.25, 0.3) is 12.3 Å². The van der Waals surface area contributed by atoms with Crippen LogP contribution in [-0.2, 0) is 0 Å². The van der Waals surface area contributed by atoms with Gasteiger partial charge in [-0.15, -0.1) is 0 Å². The minimum atomic E-state index is 0.870. The molecule has 1 aromatic carbocycles. The fourth-order valence-corrected chi connectivity index (χ4v) is 1.97. The van der Waals surface area contributed by atoms with Gasteiger partial charge in [0.05, 0.1) is 17.2 Å². The van der Waals surface area contributed by atoms with Crippen LogP contribution in [0.3, 0.4) is 0 Å². The zero-order valence-corrected chi connectivity index (χ0v) is 12.6. The normalized spacial score (nSPS) is 12.0. The summed E-state index contributed by atoms with van der Waals surface area (Å²) in [6, 6.07) is 10.2. The van der Waals surface area contributed by atoms with E-state index in [4.69, 9.17) is 0 Å². The van der Waals surface area contributed by atoms with Gasteiger partial charge >= 0.3 is 0 Å². The van der Waals surface area contributed by atoms with Crippen molar-refractivity contribution in [3.05, 3.63) is 52.2 Å². The van der Waals surface area contributed by atoms with E-state index in [0.717, 1.165) is 27.5 Å². The van der Waals surface area contributed by atoms with Crippen LogP contribution < -0.4 is 15.5 Å². The van der Waals surface area contributed by atoms with Crippen LogP contribution in [0, 0.1) is 11.8 Å². The summed E-state index contributed by atoms with van der Waals surface area (Å²) in [7, 11) is 4.04. The predicted octanol–water partition coefficient (Wildman–Crippen LogP) is 1.72. The Labute approximate surface area is 125 Å². The molecule has 0 aliphatic carbocycles. The molecular weight excluding hydrogens is 258 g/mol. The first-order valence-electron chi connectivity index (χ1n) is 6.75. The maximum atomic E-state index is 3.79. The quantitative estimate of drug-likeness (QED) is 0.658. The van der Waals surface area contributed by atoms with Gasteiger partial charge in [-0.2, -0.15) is 0 Å². The van der Waals surface area contributed by atoms with Gasteiger partial charge < -0.3 is 9.88 Å². The summed E-state index contributed by atoms with van der Waals surface area (Å²) in [6.45, 7) is 5.46. The van der Waals surface area contributed by atoms with Crippen molar-refractivity contribution < 1.29 is 0 Å². The molecule has 0 atom stereocenters. The van der Waals surface area contributed by atoms with E-state index in [-0.39, 0.29) is 0 Å². The predicted molar refractivity (Wildman–Crippen MR) is 90.9 cm³/mol. The monoisotopic (exact) mass is 277 g/mol. The van der Waals surface area contributed by atoms with E-state index >= 15 is 0 Å². The summed E-state index contributed by atoms with van der Waals surface area (Å²) >= 11 is 0. The third-order valence-corrected chi connectivity index (χ3v) is 3.14. The lowest BCUT2D eigenvalue weighted by atomic mass is 10.2. The van der Waals surface area contributed by atoms with Crippen molar-refractivity contribution in [2.75, 3.05) is 19.0 Å². The van der Waals surface area contributed by atoms with Crippen molar-refractivity contribution in [1.82, 2.24) is 4.98 Å². The van der Waals surface area contributed by atoms with Crippen LogP contribution in [0.2, 0.25) is 0 Å². The third kappa shape index (κ3) is 3.64. The van der Waals surface area contributed by atoms with Gasteiger partial charge in [0.25, 0.3) is 0 Å². The lowest BCUT2D eigenvalue weighted by molar-refractivity contribution is 1.13. The molecule has 0 fully saturated rings. The first kappa shape index (κ1) is 14.7.